The van der Waals surface area contributed by atoms with E-state index in [1.165, 1.54) is 53.0 Å². The highest BCUT2D eigenvalue weighted by molar-refractivity contribution is 7.26. The standard InChI is InChI=1S/C53H31N3OS/c1-3-13-32(14-4-1)38-20-11-21-42-43-22-12-23-44(50(43)58-49(38)42)46-30-36(29-45-37-18-8-7-15-33(37)25-27-39(45)46)53-55-51(34-16-5-2-6-17-34)54-52(56-53)35-26-28-41-40-19-9-10-24-47(40)57-48(41)31-35/h1-31H. The molecule has 3 heterocycles. The summed E-state index contributed by atoms with van der Waals surface area (Å²) in [6, 6.07) is 66.3. The normalized spacial score (nSPS) is 11.8. The van der Waals surface area contributed by atoms with Gasteiger partial charge in [-0.05, 0) is 68.6 Å². The van der Waals surface area contributed by atoms with E-state index >= 15 is 0 Å². The second kappa shape index (κ2) is 13.1. The Morgan fingerprint density at radius 3 is 1.69 bits per heavy atom. The van der Waals surface area contributed by atoms with E-state index in [0.29, 0.717) is 17.5 Å². The largest absolute Gasteiger partial charge is 0.456 e. The summed E-state index contributed by atoms with van der Waals surface area (Å²) in [5.41, 5.74) is 9.17. The van der Waals surface area contributed by atoms with Crippen molar-refractivity contribution in [3.63, 3.8) is 0 Å². The Hall–Kier alpha value is -7.47. The van der Waals surface area contributed by atoms with Crippen molar-refractivity contribution in [2.45, 2.75) is 0 Å². The summed E-state index contributed by atoms with van der Waals surface area (Å²) in [6.45, 7) is 0. The Kier molecular flexibility index (Phi) is 7.37. The second-order valence-corrected chi connectivity index (χ2v) is 15.7. The van der Waals surface area contributed by atoms with Crippen LogP contribution in [0.15, 0.2) is 192 Å². The maximum absolute atomic E-state index is 6.32. The summed E-state index contributed by atoms with van der Waals surface area (Å²) >= 11 is 1.87. The van der Waals surface area contributed by atoms with Gasteiger partial charge in [0.1, 0.15) is 11.2 Å². The maximum Gasteiger partial charge on any atom is 0.164 e. The number of hydrogen-bond acceptors (Lipinski definition) is 5. The highest BCUT2D eigenvalue weighted by atomic mass is 32.1. The van der Waals surface area contributed by atoms with Gasteiger partial charge in [0.15, 0.2) is 17.5 Å². The van der Waals surface area contributed by atoms with Crippen LogP contribution in [-0.4, -0.2) is 15.0 Å². The number of benzene rings is 9. The zero-order chi connectivity index (χ0) is 38.2. The van der Waals surface area contributed by atoms with Crippen molar-refractivity contribution >= 4 is 75.0 Å². The lowest BCUT2D eigenvalue weighted by molar-refractivity contribution is 0.669. The molecule has 12 rings (SSSR count). The van der Waals surface area contributed by atoms with Gasteiger partial charge in [-0.3, -0.25) is 0 Å². The van der Waals surface area contributed by atoms with Gasteiger partial charge < -0.3 is 4.42 Å². The van der Waals surface area contributed by atoms with E-state index in [2.05, 4.69) is 152 Å². The van der Waals surface area contributed by atoms with E-state index in [1.807, 2.05) is 47.7 Å². The Labute approximate surface area is 337 Å². The summed E-state index contributed by atoms with van der Waals surface area (Å²) in [7, 11) is 0. The van der Waals surface area contributed by atoms with E-state index in [4.69, 9.17) is 19.4 Å². The van der Waals surface area contributed by atoms with Crippen molar-refractivity contribution in [3.05, 3.63) is 188 Å². The minimum absolute atomic E-state index is 0.589. The first kappa shape index (κ1) is 32.7. The Morgan fingerprint density at radius 1 is 0.310 bits per heavy atom. The molecule has 9 aromatic carbocycles. The number of para-hydroxylation sites is 1. The smallest absolute Gasteiger partial charge is 0.164 e. The Balaban J connectivity index is 1.12. The third-order valence-electron chi connectivity index (χ3n) is 11.3. The van der Waals surface area contributed by atoms with Crippen molar-refractivity contribution in [1.29, 1.82) is 0 Å². The highest BCUT2D eigenvalue weighted by Gasteiger charge is 2.20. The van der Waals surface area contributed by atoms with Gasteiger partial charge in [0.2, 0.25) is 0 Å². The molecular weight excluding hydrogens is 727 g/mol. The lowest BCUT2D eigenvalue weighted by Crippen LogP contribution is -2.00. The molecule has 0 saturated carbocycles. The van der Waals surface area contributed by atoms with Gasteiger partial charge in [-0.1, -0.05) is 158 Å². The molecule has 0 saturated heterocycles. The Morgan fingerprint density at radius 2 is 0.897 bits per heavy atom. The third kappa shape index (κ3) is 5.25. The van der Waals surface area contributed by atoms with Crippen molar-refractivity contribution in [3.8, 4) is 56.4 Å². The van der Waals surface area contributed by atoms with Gasteiger partial charge in [-0.2, -0.15) is 0 Å². The van der Waals surface area contributed by atoms with E-state index in [0.717, 1.165) is 49.6 Å². The summed E-state index contributed by atoms with van der Waals surface area (Å²) in [5.74, 6) is 1.82. The molecule has 0 aliphatic heterocycles. The summed E-state index contributed by atoms with van der Waals surface area (Å²) < 4.78 is 8.86. The highest BCUT2D eigenvalue weighted by Crippen LogP contribution is 2.46. The zero-order valence-corrected chi connectivity index (χ0v) is 31.9. The molecule has 58 heavy (non-hydrogen) atoms. The van der Waals surface area contributed by atoms with Crippen molar-refractivity contribution in [2.24, 2.45) is 0 Å². The van der Waals surface area contributed by atoms with Crippen LogP contribution in [0.25, 0.3) is 120 Å². The van der Waals surface area contributed by atoms with Crippen LogP contribution in [-0.2, 0) is 0 Å². The molecule has 0 fully saturated rings. The molecule has 0 N–H and O–H groups in total. The minimum atomic E-state index is 0.589. The summed E-state index contributed by atoms with van der Waals surface area (Å²) in [5, 5.41) is 9.39. The molecule has 0 bridgehead atoms. The molecule has 0 aliphatic rings. The van der Waals surface area contributed by atoms with Gasteiger partial charge in [0, 0.05) is 53.2 Å². The maximum atomic E-state index is 6.32. The number of aromatic nitrogens is 3. The minimum Gasteiger partial charge on any atom is -0.456 e. The molecule has 0 unspecified atom stereocenters. The monoisotopic (exact) mass is 757 g/mol. The number of rotatable bonds is 5. The van der Waals surface area contributed by atoms with Gasteiger partial charge in [0.25, 0.3) is 0 Å². The van der Waals surface area contributed by atoms with Crippen molar-refractivity contribution in [2.75, 3.05) is 0 Å². The van der Waals surface area contributed by atoms with E-state index in [1.54, 1.807) is 0 Å². The average Bonchev–Trinajstić information content (AvgIpc) is 3.87. The number of thiophene rings is 1. The lowest BCUT2D eigenvalue weighted by Gasteiger charge is -2.14. The molecular formula is C53H31N3OS. The number of furan rings is 1. The lowest BCUT2D eigenvalue weighted by atomic mass is 9.91. The van der Waals surface area contributed by atoms with E-state index in [-0.39, 0.29) is 0 Å². The molecule has 0 radical (unpaired) electrons. The molecule has 4 nitrogen and oxygen atoms in total. The van der Waals surface area contributed by atoms with Crippen LogP contribution in [0.1, 0.15) is 0 Å². The average molecular weight is 758 g/mol. The van der Waals surface area contributed by atoms with Crippen LogP contribution in [0.3, 0.4) is 0 Å². The first-order chi connectivity index (χ1) is 28.7. The molecule has 3 aromatic heterocycles. The quantitative estimate of drug-likeness (QED) is 0.164. The fraction of sp³-hybridized carbons (Fsp3) is 0. The predicted molar refractivity (Wildman–Crippen MR) is 242 cm³/mol. The molecule has 0 aliphatic carbocycles. The van der Waals surface area contributed by atoms with Crippen LogP contribution in [0.4, 0.5) is 0 Å². The first-order valence-corrected chi connectivity index (χ1v) is 20.2. The first-order valence-electron chi connectivity index (χ1n) is 19.4. The number of hydrogen-bond donors (Lipinski definition) is 0. The van der Waals surface area contributed by atoms with Crippen LogP contribution >= 0.6 is 11.3 Å². The van der Waals surface area contributed by atoms with Gasteiger partial charge in [-0.15, -0.1) is 11.3 Å². The fourth-order valence-corrected chi connectivity index (χ4v) is 9.92. The topological polar surface area (TPSA) is 51.8 Å². The summed E-state index contributed by atoms with van der Waals surface area (Å²) in [4.78, 5) is 15.6. The SMILES string of the molecule is c1ccc(-c2nc(-c3ccc4c(c3)oc3ccccc34)nc(-c3cc(-c4cccc5c4sc4c(-c6ccccc6)cccc45)c4ccc5ccccc5c4c3)n2)cc1. The van der Waals surface area contributed by atoms with Crippen LogP contribution in [0.2, 0.25) is 0 Å². The number of fused-ring (bicyclic) bond motifs is 9. The molecule has 0 atom stereocenters. The van der Waals surface area contributed by atoms with Gasteiger partial charge in [-0.25, -0.2) is 15.0 Å². The van der Waals surface area contributed by atoms with Gasteiger partial charge in [0.05, 0.1) is 0 Å². The third-order valence-corrected chi connectivity index (χ3v) is 12.6. The second-order valence-electron chi connectivity index (χ2n) is 14.7. The van der Waals surface area contributed by atoms with E-state index < -0.39 is 0 Å². The summed E-state index contributed by atoms with van der Waals surface area (Å²) in [6.07, 6.45) is 0. The van der Waals surface area contributed by atoms with Crippen LogP contribution in [0.5, 0.6) is 0 Å². The van der Waals surface area contributed by atoms with Crippen molar-refractivity contribution < 1.29 is 4.42 Å². The molecule has 5 heteroatoms. The number of nitrogens with zero attached hydrogens (tertiary/aromatic N) is 3. The Bertz CT molecular complexity index is 3570. The van der Waals surface area contributed by atoms with Gasteiger partial charge >= 0.3 is 0 Å². The zero-order valence-electron chi connectivity index (χ0n) is 31.1. The molecule has 0 spiro atoms. The molecule has 270 valence electrons. The van der Waals surface area contributed by atoms with Crippen molar-refractivity contribution in [1.82, 2.24) is 15.0 Å². The van der Waals surface area contributed by atoms with Crippen LogP contribution in [0, 0.1) is 0 Å². The molecule has 12 aromatic rings. The van der Waals surface area contributed by atoms with Crippen LogP contribution < -0.4 is 0 Å². The fourth-order valence-electron chi connectivity index (χ4n) is 8.56. The predicted octanol–water partition coefficient (Wildman–Crippen LogP) is 14.8. The molecule has 0 amide bonds. The van der Waals surface area contributed by atoms with E-state index in [9.17, 15) is 0 Å².